The average Bonchev–Trinajstić information content (AvgIpc) is 3.26. The molecule has 3 N–H and O–H groups in total. The fourth-order valence-corrected chi connectivity index (χ4v) is 7.34. The summed E-state index contributed by atoms with van der Waals surface area (Å²) in [6.45, 7) is 2.96. The van der Waals surface area contributed by atoms with Gasteiger partial charge in [0.2, 0.25) is 35.4 Å². The summed E-state index contributed by atoms with van der Waals surface area (Å²) in [6, 6.07) is 11.9. The topological polar surface area (TPSA) is 225 Å². The van der Waals surface area contributed by atoms with Crippen molar-refractivity contribution in [2.45, 2.75) is 82.2 Å². The van der Waals surface area contributed by atoms with Crippen LogP contribution < -0.4 is 30.2 Å². The lowest BCUT2D eigenvalue weighted by Crippen LogP contribution is -2.62. The largest absolute Gasteiger partial charge is 0.497 e. The molecule has 0 aromatic heterocycles. The number of methoxy groups -OCH3 is 2. The molecule has 18 heteroatoms. The van der Waals surface area contributed by atoms with Crippen molar-refractivity contribution in [3.05, 3.63) is 93.9 Å². The van der Waals surface area contributed by atoms with Gasteiger partial charge in [-0.2, -0.15) is 0 Å². The van der Waals surface area contributed by atoms with Crippen LogP contribution >= 0.6 is 0 Å². The third kappa shape index (κ3) is 11.1. The Hall–Kier alpha value is -6.81. The van der Waals surface area contributed by atoms with Crippen LogP contribution in [0.15, 0.2) is 71.8 Å². The van der Waals surface area contributed by atoms with Crippen LogP contribution in [-0.4, -0.2) is 128 Å². The quantitative estimate of drug-likeness (QED) is 0.131. The molecule has 0 aliphatic carbocycles. The molecule has 3 aliphatic heterocycles. The van der Waals surface area contributed by atoms with E-state index in [1.165, 1.54) is 63.9 Å². The van der Waals surface area contributed by atoms with Gasteiger partial charge in [-0.15, -0.1) is 0 Å². The molecule has 6 atom stereocenters. The molecule has 324 valence electrons. The van der Waals surface area contributed by atoms with Gasteiger partial charge in [-0.05, 0) is 85.3 Å². The molecule has 3 aliphatic rings. The van der Waals surface area contributed by atoms with Crippen LogP contribution in [0, 0.1) is 0 Å². The van der Waals surface area contributed by atoms with Crippen LogP contribution in [0.25, 0.3) is 10.4 Å². The average molecular weight is 840 g/mol. The highest BCUT2D eigenvalue weighted by Crippen LogP contribution is 2.34. The summed E-state index contributed by atoms with van der Waals surface area (Å²) in [5.74, 6) is -1.98. The smallest absolute Gasteiger partial charge is 0.246 e. The number of benzene rings is 3. The number of azide groups is 1. The normalized spacial score (nSPS) is 23.1. The third-order valence-electron chi connectivity index (χ3n) is 11.1. The minimum atomic E-state index is -1.22. The van der Waals surface area contributed by atoms with Gasteiger partial charge in [-0.1, -0.05) is 35.4 Å². The third-order valence-corrected chi connectivity index (χ3v) is 11.1. The molecule has 3 aromatic carbocycles. The summed E-state index contributed by atoms with van der Waals surface area (Å²) in [5, 5.41) is 11.8. The maximum absolute atomic E-state index is 14.8. The van der Waals surface area contributed by atoms with E-state index in [1.807, 2.05) is 0 Å². The Kier molecular flexibility index (Phi) is 15.2. The van der Waals surface area contributed by atoms with Gasteiger partial charge in [-0.3, -0.25) is 28.8 Å². The molecular weight excluding hydrogens is 787 g/mol. The van der Waals surface area contributed by atoms with Crippen LogP contribution in [0.2, 0.25) is 0 Å². The van der Waals surface area contributed by atoms with Crippen molar-refractivity contribution in [2.24, 2.45) is 5.11 Å². The number of amides is 6. The fourth-order valence-electron chi connectivity index (χ4n) is 7.34. The Bertz CT molecular complexity index is 2140. The van der Waals surface area contributed by atoms with Crippen molar-refractivity contribution in [1.29, 1.82) is 0 Å². The summed E-state index contributed by atoms with van der Waals surface area (Å²) in [6.07, 6.45) is 0.251. The molecule has 6 bridgehead atoms. The predicted molar refractivity (Wildman–Crippen MR) is 224 cm³/mol. The molecule has 61 heavy (non-hydrogen) atoms. The number of likely N-dealkylation sites (N-methyl/N-ethyl adjacent to an activating group) is 3. The second kappa shape index (κ2) is 20.4. The van der Waals surface area contributed by atoms with Gasteiger partial charge < -0.3 is 44.9 Å². The van der Waals surface area contributed by atoms with E-state index in [2.05, 4.69) is 26.0 Å². The summed E-state index contributed by atoms with van der Waals surface area (Å²) < 4.78 is 17.0. The molecule has 0 unspecified atom stereocenters. The Morgan fingerprint density at radius 3 is 2.02 bits per heavy atom. The zero-order chi connectivity index (χ0) is 44.4. The number of fused-ring (bicyclic) bond motifs is 2. The molecular formula is C43H53N9O9. The van der Waals surface area contributed by atoms with Gasteiger partial charge in [0, 0.05) is 51.9 Å². The summed E-state index contributed by atoms with van der Waals surface area (Å²) in [5.41, 5.74) is 10.8. The Labute approximate surface area is 354 Å². The van der Waals surface area contributed by atoms with Gasteiger partial charge in [-0.25, -0.2) is 0 Å². The van der Waals surface area contributed by atoms with Crippen LogP contribution in [0.3, 0.4) is 0 Å². The van der Waals surface area contributed by atoms with Gasteiger partial charge in [0.05, 0.1) is 14.2 Å². The minimum Gasteiger partial charge on any atom is -0.497 e. The van der Waals surface area contributed by atoms with Gasteiger partial charge in [0.15, 0.2) is 11.5 Å². The Balaban J connectivity index is 1.60. The van der Waals surface area contributed by atoms with E-state index in [0.717, 1.165) is 0 Å². The van der Waals surface area contributed by atoms with E-state index in [-0.39, 0.29) is 38.6 Å². The van der Waals surface area contributed by atoms with E-state index in [0.29, 0.717) is 39.7 Å². The predicted octanol–water partition coefficient (Wildman–Crippen LogP) is 2.92. The van der Waals surface area contributed by atoms with Crippen molar-refractivity contribution in [3.8, 4) is 23.0 Å². The monoisotopic (exact) mass is 839 g/mol. The molecule has 3 aromatic rings. The number of carbonyl (C=O) groups excluding carboxylic acids is 6. The molecule has 0 saturated carbocycles. The fraction of sp³-hybridized carbons (Fsp3) is 0.442. The standard InChI is InChI=1S/C43H53N9O9/c1-25-38(53)48-32(9-8-20-45-49-44)42(57)50(3)33(21-27-10-15-30(59-6)16-11-27)40(55)47-26(2)41(56)52(5)35-22-28-12-17-31(18-13-28)61-37-24-29(14-19-36(37)60-7)23-34(39(54)46-25)51(4)43(35)58/h10-19,24-26,32-35H,8-9,20-23H2,1-7H3,(H,46,54)(H,47,55)(H,48,53)/t25-,26+,32+,33+,34+,35+/m1/s1. The van der Waals surface area contributed by atoms with Crippen molar-refractivity contribution < 1.29 is 43.0 Å². The van der Waals surface area contributed by atoms with Gasteiger partial charge >= 0.3 is 0 Å². The molecule has 6 amide bonds. The minimum absolute atomic E-state index is 0.0172. The highest BCUT2D eigenvalue weighted by Gasteiger charge is 2.39. The zero-order valence-electron chi connectivity index (χ0n) is 35.4. The van der Waals surface area contributed by atoms with E-state index >= 15 is 0 Å². The Morgan fingerprint density at radius 1 is 0.721 bits per heavy atom. The number of ether oxygens (including phenoxy) is 3. The number of hydrogen-bond acceptors (Lipinski definition) is 10. The summed E-state index contributed by atoms with van der Waals surface area (Å²) in [7, 11) is 7.37. The molecule has 18 nitrogen and oxygen atoms in total. The lowest BCUT2D eigenvalue weighted by molar-refractivity contribution is -0.149. The van der Waals surface area contributed by atoms with Crippen molar-refractivity contribution in [3.63, 3.8) is 0 Å². The van der Waals surface area contributed by atoms with E-state index < -0.39 is 71.7 Å². The highest BCUT2D eigenvalue weighted by atomic mass is 16.5. The second-order valence-electron chi connectivity index (χ2n) is 15.2. The van der Waals surface area contributed by atoms with Gasteiger partial charge in [0.1, 0.15) is 47.8 Å². The lowest BCUT2D eigenvalue weighted by atomic mass is 9.98. The maximum atomic E-state index is 14.8. The second-order valence-corrected chi connectivity index (χ2v) is 15.2. The Morgan fingerprint density at radius 2 is 1.36 bits per heavy atom. The van der Waals surface area contributed by atoms with E-state index in [4.69, 9.17) is 19.7 Å². The molecule has 0 radical (unpaired) electrons. The van der Waals surface area contributed by atoms with Crippen molar-refractivity contribution >= 4 is 35.4 Å². The lowest BCUT2D eigenvalue weighted by Gasteiger charge is -2.37. The van der Waals surface area contributed by atoms with Crippen molar-refractivity contribution in [2.75, 3.05) is 41.9 Å². The SMILES string of the molecule is COc1ccc(C[C@H]2C(=O)N[C@@H](C)C(=O)N(C)[C@H]3Cc4ccc(cc4)Oc4cc(ccc4OC)C[C@@H](C(=O)N[C@H](C)C(=O)N[C@@H](CCCN=[N+]=[N-])C(=O)N2C)N(C)C3=O)cc1. The van der Waals surface area contributed by atoms with Crippen LogP contribution in [0.1, 0.15) is 43.4 Å². The highest BCUT2D eigenvalue weighted by molar-refractivity contribution is 5.98. The number of hydrogen-bond donors (Lipinski definition) is 3. The van der Waals surface area contributed by atoms with Crippen LogP contribution in [-0.2, 0) is 48.0 Å². The molecule has 6 rings (SSSR count). The van der Waals surface area contributed by atoms with Crippen molar-refractivity contribution in [1.82, 2.24) is 30.7 Å². The first-order valence-electron chi connectivity index (χ1n) is 19.9. The first-order valence-corrected chi connectivity index (χ1v) is 19.9. The van der Waals surface area contributed by atoms with Gasteiger partial charge in [0.25, 0.3) is 0 Å². The molecule has 1 saturated heterocycles. The molecule has 3 heterocycles. The first kappa shape index (κ1) is 45.3. The number of nitrogens with one attached hydrogen (secondary N) is 3. The number of rotatable bonds is 8. The van der Waals surface area contributed by atoms with Crippen LogP contribution in [0.5, 0.6) is 23.0 Å². The zero-order valence-corrected chi connectivity index (χ0v) is 35.4. The first-order chi connectivity index (χ1) is 29.1. The number of carbonyl (C=O) groups is 6. The molecule has 0 spiro atoms. The van der Waals surface area contributed by atoms with Crippen LogP contribution in [0.4, 0.5) is 0 Å². The number of nitrogens with zero attached hydrogens (tertiary/aromatic N) is 6. The van der Waals surface area contributed by atoms with E-state index in [1.54, 1.807) is 66.7 Å². The summed E-state index contributed by atoms with van der Waals surface area (Å²) in [4.78, 5) is 92.5. The summed E-state index contributed by atoms with van der Waals surface area (Å²) >= 11 is 0. The van der Waals surface area contributed by atoms with E-state index in [9.17, 15) is 28.8 Å². The maximum Gasteiger partial charge on any atom is 0.246 e. The molecule has 1 fully saturated rings.